The summed E-state index contributed by atoms with van der Waals surface area (Å²) >= 11 is 0. The van der Waals surface area contributed by atoms with Gasteiger partial charge in [0.25, 0.3) is 0 Å². The van der Waals surface area contributed by atoms with Crippen LogP contribution in [0.3, 0.4) is 0 Å². The van der Waals surface area contributed by atoms with E-state index in [2.05, 4.69) is 45.1 Å². The summed E-state index contributed by atoms with van der Waals surface area (Å²) in [6, 6.07) is 0. The minimum atomic E-state index is -1.90. The molecule has 0 aliphatic carbocycles. The van der Waals surface area contributed by atoms with Crippen molar-refractivity contribution in [3.05, 3.63) is 24.3 Å². The largest absolute Gasteiger partial charge is 0.479 e. The number of carbonyl (C=O) groups is 4. The first-order chi connectivity index (χ1) is 34.6. The van der Waals surface area contributed by atoms with E-state index >= 15 is 0 Å². The fraction of sp³-hybridized carbons (Fsp3) is 0.864. The average molecular weight is 1010 g/mol. The lowest BCUT2D eigenvalue weighted by atomic mass is 9.98. The summed E-state index contributed by atoms with van der Waals surface area (Å²) in [5, 5.41) is 31.4. The van der Waals surface area contributed by atoms with Gasteiger partial charge in [-0.25, -0.2) is 4.79 Å². The Bertz CT molecular complexity index is 1340. The Kier molecular flexibility index (Phi) is 44.9. The zero-order chi connectivity index (χ0) is 51.8. The molecule has 1 aliphatic rings. The van der Waals surface area contributed by atoms with Gasteiger partial charge in [0.15, 0.2) is 24.6 Å². The minimum absolute atomic E-state index is 0.0657. The topological polar surface area (TPSA) is 175 Å². The molecule has 6 atom stereocenters. The van der Waals surface area contributed by atoms with E-state index in [0.717, 1.165) is 89.9 Å². The van der Waals surface area contributed by atoms with E-state index in [1.807, 2.05) is 0 Å². The van der Waals surface area contributed by atoms with Crippen LogP contribution in [0.1, 0.15) is 278 Å². The molecule has 1 heterocycles. The highest BCUT2D eigenvalue weighted by Crippen LogP contribution is 2.26. The molecule has 0 amide bonds. The third kappa shape index (κ3) is 38.4. The zero-order valence-corrected chi connectivity index (χ0v) is 45.5. The van der Waals surface area contributed by atoms with E-state index in [9.17, 15) is 34.5 Å². The normalized spacial score (nSPS) is 18.6. The van der Waals surface area contributed by atoms with Crippen molar-refractivity contribution in [1.82, 2.24) is 0 Å². The summed E-state index contributed by atoms with van der Waals surface area (Å²) in [5.74, 6) is -3.11. The molecule has 0 aromatic rings. The van der Waals surface area contributed by atoms with Crippen LogP contribution in [0, 0.1) is 0 Å². The Morgan fingerprint density at radius 1 is 0.465 bits per heavy atom. The standard InChI is InChI=1S/C59H106O12/c1-4-7-10-13-16-19-22-25-26-29-30-33-36-39-42-45-51(60)67-48-50(69-52(61)46-43-40-37-34-31-27-23-20-17-14-11-8-5-2)49-68-59-57(55(64)54(63)56(71-59)58(65)66)70-53(62)47-44-41-38-35-32-28-24-21-18-15-12-9-6-3/h16,19,25-26,50,54-57,59,63-64H,4-15,17-18,20-24,27-49H2,1-3H3,(H,65,66)/b19-16-,26-25-. The van der Waals surface area contributed by atoms with E-state index in [-0.39, 0.29) is 25.9 Å². The van der Waals surface area contributed by atoms with Crippen LogP contribution in [-0.2, 0) is 42.9 Å². The number of aliphatic hydroxyl groups is 2. The van der Waals surface area contributed by atoms with E-state index in [4.69, 9.17) is 23.7 Å². The van der Waals surface area contributed by atoms with Crippen molar-refractivity contribution >= 4 is 23.9 Å². The Balaban J connectivity index is 2.69. The molecule has 71 heavy (non-hydrogen) atoms. The summed E-state index contributed by atoms with van der Waals surface area (Å²) in [4.78, 5) is 51.0. The van der Waals surface area contributed by atoms with Crippen molar-refractivity contribution in [2.45, 2.75) is 314 Å². The molecule has 0 bridgehead atoms. The van der Waals surface area contributed by atoms with Crippen molar-refractivity contribution in [3.63, 3.8) is 0 Å². The fourth-order valence-corrected chi connectivity index (χ4v) is 8.99. The summed E-state index contributed by atoms with van der Waals surface area (Å²) < 4.78 is 28.4. The highest BCUT2D eigenvalue weighted by Gasteiger charge is 2.50. The molecule has 0 saturated carbocycles. The molecule has 0 spiro atoms. The van der Waals surface area contributed by atoms with Gasteiger partial charge in [0.2, 0.25) is 0 Å². The average Bonchev–Trinajstić information content (AvgIpc) is 3.35. The first-order valence-corrected chi connectivity index (χ1v) is 29.3. The summed E-state index contributed by atoms with van der Waals surface area (Å²) in [7, 11) is 0. The molecule has 12 heteroatoms. The van der Waals surface area contributed by atoms with Crippen LogP contribution in [0.15, 0.2) is 24.3 Å². The predicted molar refractivity (Wildman–Crippen MR) is 285 cm³/mol. The number of rotatable bonds is 50. The highest BCUT2D eigenvalue weighted by molar-refractivity contribution is 5.74. The number of carbonyl (C=O) groups excluding carboxylic acids is 3. The van der Waals surface area contributed by atoms with Gasteiger partial charge in [-0.1, -0.05) is 231 Å². The van der Waals surface area contributed by atoms with Crippen molar-refractivity contribution < 1.29 is 58.2 Å². The van der Waals surface area contributed by atoms with E-state index in [0.29, 0.717) is 19.3 Å². The van der Waals surface area contributed by atoms with E-state index in [1.165, 1.54) is 128 Å². The van der Waals surface area contributed by atoms with Gasteiger partial charge >= 0.3 is 23.9 Å². The van der Waals surface area contributed by atoms with Gasteiger partial charge in [0.05, 0.1) is 6.61 Å². The number of hydrogen-bond donors (Lipinski definition) is 3. The van der Waals surface area contributed by atoms with Crippen LogP contribution in [-0.4, -0.2) is 89.2 Å². The first-order valence-electron chi connectivity index (χ1n) is 29.3. The van der Waals surface area contributed by atoms with Crippen LogP contribution in [0.25, 0.3) is 0 Å². The molecular weight excluding hydrogens is 901 g/mol. The quantitative estimate of drug-likeness (QED) is 0.0228. The fourth-order valence-electron chi connectivity index (χ4n) is 8.99. The van der Waals surface area contributed by atoms with E-state index < -0.39 is 67.3 Å². The summed E-state index contributed by atoms with van der Waals surface area (Å²) in [6.45, 7) is 5.97. The maximum atomic E-state index is 13.1. The SMILES string of the molecule is CCCCC/C=C\C/C=C\CCCCCCCC(=O)OCC(COC1OC(C(=O)O)C(O)C(O)C1OC(=O)CCCCCCCCCCCCCCC)OC(=O)CCCCCCCCCCCCCCC. The van der Waals surface area contributed by atoms with Gasteiger partial charge in [0, 0.05) is 19.3 Å². The lowest BCUT2D eigenvalue weighted by molar-refractivity contribution is -0.301. The number of carboxylic acid groups (broad SMARTS) is 1. The van der Waals surface area contributed by atoms with Gasteiger partial charge in [-0.15, -0.1) is 0 Å². The molecule has 12 nitrogen and oxygen atoms in total. The highest BCUT2D eigenvalue weighted by atomic mass is 16.7. The van der Waals surface area contributed by atoms with Crippen LogP contribution < -0.4 is 0 Å². The molecular formula is C59H106O12. The maximum Gasteiger partial charge on any atom is 0.335 e. The number of unbranched alkanes of at least 4 members (excludes halogenated alkanes) is 32. The molecule has 0 aromatic heterocycles. The number of esters is 3. The Labute approximate surface area is 432 Å². The van der Waals surface area contributed by atoms with Gasteiger partial charge in [-0.2, -0.15) is 0 Å². The molecule has 3 N–H and O–H groups in total. The van der Waals surface area contributed by atoms with Gasteiger partial charge < -0.3 is 39.0 Å². The molecule has 0 aromatic carbocycles. The Hall–Kier alpha value is -2.80. The first kappa shape index (κ1) is 66.2. The lowest BCUT2D eigenvalue weighted by Gasteiger charge is -2.40. The smallest absolute Gasteiger partial charge is 0.335 e. The summed E-state index contributed by atoms with van der Waals surface area (Å²) in [5.41, 5.74) is 0. The molecule has 1 aliphatic heterocycles. The number of hydrogen-bond acceptors (Lipinski definition) is 11. The van der Waals surface area contributed by atoms with Crippen molar-refractivity contribution in [3.8, 4) is 0 Å². The molecule has 1 rings (SSSR count). The van der Waals surface area contributed by atoms with Crippen molar-refractivity contribution in [1.29, 1.82) is 0 Å². The van der Waals surface area contributed by atoms with Crippen LogP contribution in [0.5, 0.6) is 0 Å². The molecule has 1 saturated heterocycles. The third-order valence-corrected chi connectivity index (χ3v) is 13.5. The molecule has 414 valence electrons. The molecule has 6 unspecified atom stereocenters. The number of carboxylic acids is 1. The van der Waals surface area contributed by atoms with Crippen molar-refractivity contribution in [2.75, 3.05) is 13.2 Å². The zero-order valence-electron chi connectivity index (χ0n) is 45.5. The van der Waals surface area contributed by atoms with Crippen molar-refractivity contribution in [2.24, 2.45) is 0 Å². The minimum Gasteiger partial charge on any atom is -0.479 e. The number of ether oxygens (including phenoxy) is 5. The Morgan fingerprint density at radius 3 is 1.30 bits per heavy atom. The molecule has 0 radical (unpaired) electrons. The van der Waals surface area contributed by atoms with Crippen LogP contribution in [0.4, 0.5) is 0 Å². The van der Waals surface area contributed by atoms with E-state index in [1.54, 1.807) is 0 Å². The predicted octanol–water partition coefficient (Wildman–Crippen LogP) is 14.7. The number of aliphatic carboxylic acids is 1. The molecule has 1 fully saturated rings. The van der Waals surface area contributed by atoms with Gasteiger partial charge in [-0.3, -0.25) is 14.4 Å². The van der Waals surface area contributed by atoms with Gasteiger partial charge in [0.1, 0.15) is 18.8 Å². The number of aliphatic hydroxyl groups excluding tert-OH is 2. The lowest BCUT2D eigenvalue weighted by Crippen LogP contribution is -2.61. The van der Waals surface area contributed by atoms with Crippen LogP contribution in [0.2, 0.25) is 0 Å². The van der Waals surface area contributed by atoms with Crippen LogP contribution >= 0.6 is 0 Å². The van der Waals surface area contributed by atoms with Gasteiger partial charge in [-0.05, 0) is 51.4 Å². The number of allylic oxidation sites excluding steroid dienone is 4. The summed E-state index contributed by atoms with van der Waals surface area (Å²) in [6.07, 6.45) is 41.4. The third-order valence-electron chi connectivity index (χ3n) is 13.5. The second-order valence-electron chi connectivity index (χ2n) is 20.3. The second kappa shape index (κ2) is 48.2. The maximum absolute atomic E-state index is 13.1. The monoisotopic (exact) mass is 1010 g/mol. The second-order valence-corrected chi connectivity index (χ2v) is 20.3. The Morgan fingerprint density at radius 2 is 0.845 bits per heavy atom.